The van der Waals surface area contributed by atoms with Crippen molar-refractivity contribution in [1.29, 1.82) is 0 Å². The Morgan fingerprint density at radius 1 is 1.04 bits per heavy atom. The molecule has 0 saturated heterocycles. The predicted molar refractivity (Wildman–Crippen MR) is 115 cm³/mol. The van der Waals surface area contributed by atoms with Crippen LogP contribution in [0, 0.1) is 19.3 Å². The van der Waals surface area contributed by atoms with Crippen LogP contribution < -0.4 is 4.57 Å². The molecule has 1 aliphatic rings. The number of aromatic nitrogens is 1. The van der Waals surface area contributed by atoms with E-state index >= 15 is 0 Å². The molecule has 1 heterocycles. The Bertz CT molecular complexity index is 1040. The van der Waals surface area contributed by atoms with E-state index in [2.05, 4.69) is 81.8 Å². The minimum Gasteiger partial charge on any atom is -0.198 e. The van der Waals surface area contributed by atoms with E-state index in [-0.39, 0.29) is 0 Å². The van der Waals surface area contributed by atoms with E-state index in [0.29, 0.717) is 17.4 Å². The van der Waals surface area contributed by atoms with Gasteiger partial charge in [0.05, 0.1) is 6.76 Å². The van der Waals surface area contributed by atoms with Gasteiger partial charge in [-0.3, -0.25) is 0 Å². The highest BCUT2D eigenvalue weighted by Gasteiger charge is 2.28. The zero-order valence-electron chi connectivity index (χ0n) is 18.4. The molecule has 0 amide bonds. The van der Waals surface area contributed by atoms with Crippen molar-refractivity contribution in [2.75, 3.05) is 0 Å². The number of nitrogens with zero attached hydrogens (tertiary/aromatic N) is 1. The second-order valence-corrected chi connectivity index (χ2v) is 9.18. The van der Waals surface area contributed by atoms with Crippen molar-refractivity contribution in [1.82, 2.24) is 0 Å². The lowest BCUT2D eigenvalue weighted by Crippen LogP contribution is -2.35. The fourth-order valence-electron chi connectivity index (χ4n) is 4.65. The van der Waals surface area contributed by atoms with Crippen molar-refractivity contribution in [2.45, 2.75) is 59.3 Å². The van der Waals surface area contributed by atoms with Crippen LogP contribution in [0.4, 0.5) is 0 Å². The molecule has 1 aromatic heterocycles. The summed E-state index contributed by atoms with van der Waals surface area (Å²) in [5.41, 5.74) is 6.67. The third kappa shape index (κ3) is 3.40. The van der Waals surface area contributed by atoms with Gasteiger partial charge in [0.2, 0.25) is 5.69 Å². The first-order chi connectivity index (χ1) is 13.3. The maximum absolute atomic E-state index is 8.79. The monoisotopic (exact) mass is 359 g/mol. The van der Waals surface area contributed by atoms with E-state index in [9.17, 15) is 0 Å². The number of rotatable bonds is 2. The molecule has 0 N–H and O–H groups in total. The molecule has 140 valence electrons. The van der Waals surface area contributed by atoms with Gasteiger partial charge in [0.15, 0.2) is 5.69 Å². The number of pyridine rings is 1. The Labute approximate surface area is 165 Å². The smallest absolute Gasteiger partial charge is 0.198 e. The van der Waals surface area contributed by atoms with Crippen molar-refractivity contribution in [2.24, 2.45) is 12.5 Å². The van der Waals surface area contributed by atoms with Crippen LogP contribution in [0.3, 0.4) is 0 Å². The maximum atomic E-state index is 8.79. The van der Waals surface area contributed by atoms with Gasteiger partial charge in [-0.25, -0.2) is 0 Å². The van der Waals surface area contributed by atoms with E-state index in [0.717, 1.165) is 11.1 Å². The van der Waals surface area contributed by atoms with Gasteiger partial charge in [-0.2, -0.15) is 4.57 Å². The number of hydrogen-bond donors (Lipinski definition) is 0. The first-order valence-electron chi connectivity index (χ1n) is 10.8. The summed E-state index contributed by atoms with van der Waals surface area (Å²) in [6.45, 7) is 9.02. The minimum atomic E-state index is 0.482. The molecule has 3 aromatic rings. The summed E-state index contributed by atoms with van der Waals surface area (Å²) in [5.74, 6) is 0.632. The van der Waals surface area contributed by atoms with Crippen LogP contribution >= 0.6 is 0 Å². The van der Waals surface area contributed by atoms with Crippen LogP contribution in [0.1, 0.15) is 63.6 Å². The first-order valence-corrected chi connectivity index (χ1v) is 10.3. The van der Waals surface area contributed by atoms with Crippen LogP contribution in [-0.2, 0) is 7.05 Å². The summed E-state index contributed by atoms with van der Waals surface area (Å²) in [6, 6.07) is 16.1. The molecule has 27 heavy (non-hydrogen) atoms. The van der Waals surface area contributed by atoms with Gasteiger partial charge >= 0.3 is 0 Å². The van der Waals surface area contributed by atoms with Gasteiger partial charge in [-0.15, -0.1) is 0 Å². The SMILES string of the molecule is [2H]c1c(C)[n+](C)c(-c2ccccc2C)c2ccc(C3CCC(C)(C)CC3)cc12. The van der Waals surface area contributed by atoms with E-state index in [1.165, 1.54) is 53.5 Å². The fourth-order valence-corrected chi connectivity index (χ4v) is 4.65. The largest absolute Gasteiger partial charge is 0.220 e. The summed E-state index contributed by atoms with van der Waals surface area (Å²) in [4.78, 5) is 0. The van der Waals surface area contributed by atoms with Crippen LogP contribution in [0.15, 0.2) is 48.5 Å². The third-order valence-corrected chi connectivity index (χ3v) is 6.66. The molecule has 4 rings (SSSR count). The molecule has 0 bridgehead atoms. The highest BCUT2D eigenvalue weighted by Crippen LogP contribution is 2.43. The fraction of sp³-hybridized carbons (Fsp3) is 0.423. The van der Waals surface area contributed by atoms with Gasteiger partial charge in [0.25, 0.3) is 0 Å². The Balaban J connectivity index is 1.88. The Hall–Kier alpha value is -2.15. The highest BCUT2D eigenvalue weighted by molar-refractivity contribution is 5.94. The second kappa shape index (κ2) is 6.78. The lowest BCUT2D eigenvalue weighted by atomic mass is 9.71. The molecule has 1 saturated carbocycles. The quantitative estimate of drug-likeness (QED) is 0.452. The van der Waals surface area contributed by atoms with Crippen molar-refractivity contribution < 1.29 is 5.94 Å². The van der Waals surface area contributed by atoms with E-state index in [1.54, 1.807) is 0 Å². The number of fused-ring (bicyclic) bond motifs is 1. The van der Waals surface area contributed by atoms with Crippen LogP contribution in [-0.4, -0.2) is 0 Å². The lowest BCUT2D eigenvalue weighted by Gasteiger charge is -2.34. The maximum Gasteiger partial charge on any atom is 0.220 e. The topological polar surface area (TPSA) is 3.88 Å². The molecule has 0 atom stereocenters. The lowest BCUT2D eigenvalue weighted by molar-refractivity contribution is -0.665. The van der Waals surface area contributed by atoms with Crippen molar-refractivity contribution in [3.8, 4) is 11.3 Å². The van der Waals surface area contributed by atoms with Gasteiger partial charge < -0.3 is 0 Å². The molecular formula is C26H32N+. The Morgan fingerprint density at radius 2 is 1.74 bits per heavy atom. The van der Waals surface area contributed by atoms with E-state index in [1.807, 2.05) is 0 Å². The van der Waals surface area contributed by atoms with Crippen molar-refractivity contribution >= 4 is 10.8 Å². The van der Waals surface area contributed by atoms with Crippen LogP contribution in [0.25, 0.3) is 22.0 Å². The minimum absolute atomic E-state index is 0.482. The molecule has 2 aromatic carbocycles. The van der Waals surface area contributed by atoms with E-state index in [4.69, 9.17) is 1.37 Å². The molecule has 0 unspecified atom stereocenters. The average Bonchev–Trinajstić information content (AvgIpc) is 2.67. The van der Waals surface area contributed by atoms with Gasteiger partial charge in [-0.05, 0) is 72.6 Å². The second-order valence-electron chi connectivity index (χ2n) is 9.18. The molecule has 0 radical (unpaired) electrons. The molecule has 1 nitrogen and oxygen atoms in total. The van der Waals surface area contributed by atoms with Gasteiger partial charge in [0.1, 0.15) is 7.05 Å². The molecule has 0 spiro atoms. The zero-order valence-corrected chi connectivity index (χ0v) is 17.4. The summed E-state index contributed by atoms with van der Waals surface area (Å²) < 4.78 is 11.0. The van der Waals surface area contributed by atoms with Crippen molar-refractivity contribution in [3.05, 3.63) is 65.3 Å². The average molecular weight is 360 g/mol. The molecule has 1 heteroatoms. The van der Waals surface area contributed by atoms with Gasteiger partial charge in [0, 0.05) is 18.5 Å². The highest BCUT2D eigenvalue weighted by atomic mass is 14.9. The predicted octanol–water partition coefficient (Wildman–Crippen LogP) is 6.63. The summed E-state index contributed by atoms with van der Waals surface area (Å²) in [7, 11) is 2.09. The van der Waals surface area contributed by atoms with Crippen LogP contribution in [0.2, 0.25) is 0 Å². The summed E-state index contributed by atoms with van der Waals surface area (Å²) in [5, 5.41) is 2.28. The molecule has 1 fully saturated rings. The van der Waals surface area contributed by atoms with Gasteiger partial charge in [-0.1, -0.05) is 44.2 Å². The Morgan fingerprint density at radius 3 is 2.44 bits per heavy atom. The van der Waals surface area contributed by atoms with Crippen molar-refractivity contribution in [3.63, 3.8) is 0 Å². The number of aryl methyl sites for hydroxylation is 1. The van der Waals surface area contributed by atoms with E-state index < -0.39 is 0 Å². The molecular weight excluding hydrogens is 326 g/mol. The number of hydrogen-bond acceptors (Lipinski definition) is 0. The zero-order chi connectivity index (χ0) is 20.1. The summed E-state index contributed by atoms with van der Waals surface area (Å²) >= 11 is 0. The Kier molecular flexibility index (Phi) is 4.27. The molecule has 0 aliphatic heterocycles. The number of benzene rings is 2. The standard InChI is InChI=1S/C26H32N/c1-18-8-6-7-9-23(18)25-24-11-10-21(17-22(24)16-19(2)27(25)5)20-12-14-26(3,4)15-13-20/h6-11,16-17,20H,12-15H2,1-5H3/q+1/i16D. The van der Waals surface area contributed by atoms with Crippen LogP contribution in [0.5, 0.6) is 0 Å². The third-order valence-electron chi connectivity index (χ3n) is 6.66. The molecule has 1 aliphatic carbocycles. The normalized spacial score (nSPS) is 17.9. The summed E-state index contributed by atoms with van der Waals surface area (Å²) in [6.07, 6.45) is 5.10. The first kappa shape index (κ1) is 17.0.